The molecule has 0 amide bonds. The Morgan fingerprint density at radius 1 is 1.15 bits per heavy atom. The highest BCUT2D eigenvalue weighted by Gasteiger charge is 2.14. The van der Waals surface area contributed by atoms with Gasteiger partial charge in [-0.2, -0.15) is 11.8 Å². The summed E-state index contributed by atoms with van der Waals surface area (Å²) >= 11 is 7.37. The number of hydrogen-bond acceptors (Lipinski definition) is 3. The van der Waals surface area contributed by atoms with Crippen molar-refractivity contribution >= 4 is 39.0 Å². The Kier molecular flexibility index (Phi) is 5.19. The van der Waals surface area contributed by atoms with Gasteiger partial charge >= 0.3 is 0 Å². The molecule has 4 heteroatoms. The van der Waals surface area contributed by atoms with Crippen molar-refractivity contribution in [1.82, 2.24) is 4.98 Å². The molecule has 0 radical (unpaired) electrons. The lowest BCUT2D eigenvalue weighted by Gasteiger charge is -2.20. The van der Waals surface area contributed by atoms with Crippen LogP contribution in [0, 0.1) is 0 Å². The second-order valence-corrected chi connectivity index (χ2v) is 8.35. The second-order valence-electron chi connectivity index (χ2n) is 5.20. The molecule has 1 heterocycles. The standard InChI is InChI=1S/C16H18BrNS2/c17-13-8-6-12(7-9-13)15-10-20-16(18-15)11-19-14-4-2-1-3-5-14/h6-10,14H,1-5,11H2. The lowest BCUT2D eigenvalue weighted by Crippen LogP contribution is -2.08. The van der Waals surface area contributed by atoms with E-state index < -0.39 is 0 Å². The first-order chi connectivity index (χ1) is 9.81. The molecule has 106 valence electrons. The van der Waals surface area contributed by atoms with E-state index in [1.54, 1.807) is 11.3 Å². The van der Waals surface area contributed by atoms with Crippen molar-refractivity contribution in [3.05, 3.63) is 39.1 Å². The summed E-state index contributed by atoms with van der Waals surface area (Å²) < 4.78 is 1.12. The third-order valence-electron chi connectivity index (χ3n) is 3.69. The Morgan fingerprint density at radius 3 is 2.65 bits per heavy atom. The molecule has 1 nitrogen and oxygen atoms in total. The Morgan fingerprint density at radius 2 is 1.90 bits per heavy atom. The summed E-state index contributed by atoms with van der Waals surface area (Å²) in [4.78, 5) is 4.78. The molecular formula is C16H18BrNS2. The molecule has 0 N–H and O–H groups in total. The zero-order valence-electron chi connectivity index (χ0n) is 11.3. The van der Waals surface area contributed by atoms with Crippen molar-refractivity contribution in [3.63, 3.8) is 0 Å². The minimum Gasteiger partial charge on any atom is -0.240 e. The lowest BCUT2D eigenvalue weighted by atomic mass is 10.0. The van der Waals surface area contributed by atoms with Gasteiger partial charge in [0.05, 0.1) is 5.69 Å². The number of thioether (sulfide) groups is 1. The third kappa shape index (κ3) is 3.86. The molecule has 0 aliphatic heterocycles. The van der Waals surface area contributed by atoms with Crippen LogP contribution in [0.15, 0.2) is 34.1 Å². The number of rotatable bonds is 4. The molecule has 3 rings (SSSR count). The number of thiazole rings is 1. The van der Waals surface area contributed by atoms with Crippen LogP contribution in [-0.2, 0) is 5.75 Å². The van der Waals surface area contributed by atoms with Crippen molar-refractivity contribution < 1.29 is 0 Å². The SMILES string of the molecule is Brc1ccc(-c2csc(CSC3CCCCC3)n2)cc1. The number of aromatic nitrogens is 1. The predicted molar refractivity (Wildman–Crippen MR) is 93.4 cm³/mol. The summed E-state index contributed by atoms with van der Waals surface area (Å²) in [6.45, 7) is 0. The fourth-order valence-corrected chi connectivity index (χ4v) is 4.99. The van der Waals surface area contributed by atoms with Gasteiger partial charge in [0.2, 0.25) is 0 Å². The third-order valence-corrected chi connectivity index (χ3v) is 6.63. The summed E-state index contributed by atoms with van der Waals surface area (Å²) in [7, 11) is 0. The van der Waals surface area contributed by atoms with E-state index in [9.17, 15) is 0 Å². The van der Waals surface area contributed by atoms with E-state index in [2.05, 4.69) is 57.3 Å². The summed E-state index contributed by atoms with van der Waals surface area (Å²) in [5.41, 5.74) is 2.32. The van der Waals surface area contributed by atoms with E-state index in [1.807, 2.05) is 0 Å². The monoisotopic (exact) mass is 367 g/mol. The molecule has 1 saturated carbocycles. The molecule has 1 aromatic carbocycles. The quantitative estimate of drug-likeness (QED) is 0.643. The maximum absolute atomic E-state index is 4.78. The highest BCUT2D eigenvalue weighted by atomic mass is 79.9. The van der Waals surface area contributed by atoms with Gasteiger partial charge in [-0.05, 0) is 25.0 Å². The summed E-state index contributed by atoms with van der Waals surface area (Å²) in [5.74, 6) is 1.08. The number of nitrogens with zero attached hydrogens (tertiary/aromatic N) is 1. The summed E-state index contributed by atoms with van der Waals surface area (Å²) in [6.07, 6.45) is 7.06. The highest BCUT2D eigenvalue weighted by Crippen LogP contribution is 2.32. The smallest absolute Gasteiger partial charge is 0.103 e. The maximum Gasteiger partial charge on any atom is 0.103 e. The van der Waals surface area contributed by atoms with Gasteiger partial charge in [0, 0.05) is 26.4 Å². The average Bonchev–Trinajstić information content (AvgIpc) is 2.96. The van der Waals surface area contributed by atoms with Gasteiger partial charge in [-0.25, -0.2) is 4.98 Å². The molecule has 1 aliphatic rings. The molecule has 0 spiro atoms. The van der Waals surface area contributed by atoms with E-state index in [4.69, 9.17) is 4.98 Å². The van der Waals surface area contributed by atoms with E-state index in [0.29, 0.717) is 0 Å². The van der Waals surface area contributed by atoms with E-state index in [-0.39, 0.29) is 0 Å². The fourth-order valence-electron chi connectivity index (χ4n) is 2.55. The van der Waals surface area contributed by atoms with Crippen LogP contribution in [0.5, 0.6) is 0 Å². The van der Waals surface area contributed by atoms with Crippen molar-refractivity contribution in [3.8, 4) is 11.3 Å². The van der Waals surface area contributed by atoms with Crippen LogP contribution in [0.4, 0.5) is 0 Å². The van der Waals surface area contributed by atoms with Gasteiger partial charge in [-0.3, -0.25) is 0 Å². The van der Waals surface area contributed by atoms with Crippen LogP contribution >= 0.6 is 39.0 Å². The number of benzene rings is 1. The van der Waals surface area contributed by atoms with E-state index >= 15 is 0 Å². The first kappa shape index (κ1) is 14.6. The molecule has 0 atom stereocenters. The van der Waals surface area contributed by atoms with E-state index in [0.717, 1.165) is 21.2 Å². The normalized spacial score (nSPS) is 16.4. The van der Waals surface area contributed by atoms with Gasteiger partial charge in [0.25, 0.3) is 0 Å². The molecule has 0 saturated heterocycles. The maximum atomic E-state index is 4.78. The molecule has 0 unspecified atom stereocenters. The fraction of sp³-hybridized carbons (Fsp3) is 0.438. The molecule has 2 aromatic rings. The van der Waals surface area contributed by atoms with Gasteiger partial charge in [-0.15, -0.1) is 11.3 Å². The first-order valence-corrected chi connectivity index (χ1v) is 9.85. The van der Waals surface area contributed by atoms with Crippen molar-refractivity contribution in [2.75, 3.05) is 0 Å². The molecular weight excluding hydrogens is 350 g/mol. The average molecular weight is 368 g/mol. The predicted octanol–water partition coefficient (Wildman–Crippen LogP) is 6.14. The zero-order valence-corrected chi connectivity index (χ0v) is 14.6. The van der Waals surface area contributed by atoms with Gasteiger partial charge < -0.3 is 0 Å². The van der Waals surface area contributed by atoms with Crippen LogP contribution in [0.2, 0.25) is 0 Å². The molecule has 1 aromatic heterocycles. The van der Waals surface area contributed by atoms with Gasteiger partial charge in [-0.1, -0.05) is 47.3 Å². The Bertz CT molecular complexity index is 544. The van der Waals surface area contributed by atoms with Crippen LogP contribution in [0.1, 0.15) is 37.1 Å². The largest absolute Gasteiger partial charge is 0.240 e. The summed E-state index contributed by atoms with van der Waals surface area (Å²) in [5, 5.41) is 4.31. The minimum atomic E-state index is 0.865. The first-order valence-electron chi connectivity index (χ1n) is 7.13. The van der Waals surface area contributed by atoms with Crippen LogP contribution < -0.4 is 0 Å². The van der Waals surface area contributed by atoms with Crippen LogP contribution in [0.25, 0.3) is 11.3 Å². The van der Waals surface area contributed by atoms with Crippen LogP contribution in [0.3, 0.4) is 0 Å². The van der Waals surface area contributed by atoms with Crippen molar-refractivity contribution in [1.29, 1.82) is 0 Å². The summed E-state index contributed by atoms with van der Waals surface area (Å²) in [6, 6.07) is 8.39. The molecule has 1 aliphatic carbocycles. The van der Waals surface area contributed by atoms with E-state index in [1.165, 1.54) is 42.7 Å². The minimum absolute atomic E-state index is 0.865. The molecule has 1 fully saturated rings. The number of hydrogen-bond donors (Lipinski definition) is 0. The molecule has 20 heavy (non-hydrogen) atoms. The highest BCUT2D eigenvalue weighted by molar-refractivity contribution is 9.10. The Hall–Kier alpha value is -0.320. The second kappa shape index (κ2) is 7.10. The zero-order chi connectivity index (χ0) is 13.8. The lowest BCUT2D eigenvalue weighted by molar-refractivity contribution is 0.516. The van der Waals surface area contributed by atoms with Crippen LogP contribution in [-0.4, -0.2) is 10.2 Å². The van der Waals surface area contributed by atoms with Crippen molar-refractivity contribution in [2.24, 2.45) is 0 Å². The topological polar surface area (TPSA) is 12.9 Å². The van der Waals surface area contributed by atoms with Gasteiger partial charge in [0.15, 0.2) is 0 Å². The Balaban J connectivity index is 1.60. The van der Waals surface area contributed by atoms with Crippen molar-refractivity contribution in [2.45, 2.75) is 43.1 Å². The number of halogens is 1. The molecule has 0 bridgehead atoms. The Labute approximate surface area is 137 Å². The van der Waals surface area contributed by atoms with Gasteiger partial charge in [0.1, 0.15) is 5.01 Å².